The average molecular weight is 426 g/mol. The van der Waals surface area contributed by atoms with Gasteiger partial charge in [0.2, 0.25) is 5.91 Å². The maximum absolute atomic E-state index is 12.6. The van der Waals surface area contributed by atoms with Gasteiger partial charge in [0.15, 0.2) is 0 Å². The molecule has 1 fully saturated rings. The summed E-state index contributed by atoms with van der Waals surface area (Å²) < 4.78 is 2.76. The minimum atomic E-state index is 0.125. The van der Waals surface area contributed by atoms with Crippen molar-refractivity contribution in [1.82, 2.24) is 19.6 Å². The van der Waals surface area contributed by atoms with E-state index in [0.717, 1.165) is 53.6 Å². The summed E-state index contributed by atoms with van der Waals surface area (Å²) in [5.74, 6) is 0.125. The molecule has 0 radical (unpaired) electrons. The van der Waals surface area contributed by atoms with Gasteiger partial charge in [0.05, 0.1) is 15.9 Å². The van der Waals surface area contributed by atoms with Crippen LogP contribution in [0.1, 0.15) is 17.0 Å². The third-order valence-electron chi connectivity index (χ3n) is 4.60. The van der Waals surface area contributed by atoms with Crippen molar-refractivity contribution in [3.63, 3.8) is 0 Å². The van der Waals surface area contributed by atoms with E-state index in [1.54, 1.807) is 4.68 Å². The van der Waals surface area contributed by atoms with Crippen molar-refractivity contribution in [1.29, 1.82) is 0 Å². The first-order valence-corrected chi connectivity index (χ1v) is 9.55. The molecule has 1 aromatic heterocycles. The molecule has 1 aliphatic rings. The predicted molar refractivity (Wildman–Crippen MR) is 103 cm³/mol. The summed E-state index contributed by atoms with van der Waals surface area (Å²) in [7, 11) is 0. The van der Waals surface area contributed by atoms with E-state index in [4.69, 9.17) is 11.6 Å². The van der Waals surface area contributed by atoms with Crippen molar-refractivity contribution >= 4 is 33.4 Å². The summed E-state index contributed by atoms with van der Waals surface area (Å²) in [6.07, 6.45) is 0. The number of halogens is 2. The molecule has 2 aromatic rings. The van der Waals surface area contributed by atoms with Crippen LogP contribution in [-0.4, -0.2) is 51.7 Å². The highest BCUT2D eigenvalue weighted by Gasteiger charge is 2.22. The van der Waals surface area contributed by atoms with Crippen LogP contribution in [0.3, 0.4) is 0 Å². The van der Waals surface area contributed by atoms with E-state index in [1.807, 2.05) is 36.9 Å². The molecule has 2 heterocycles. The Balaban J connectivity index is 1.53. The van der Waals surface area contributed by atoms with E-state index in [-0.39, 0.29) is 5.91 Å². The lowest BCUT2D eigenvalue weighted by atomic mass is 10.2. The zero-order valence-electron chi connectivity index (χ0n) is 14.5. The van der Waals surface area contributed by atoms with Crippen LogP contribution in [0.2, 0.25) is 5.02 Å². The van der Waals surface area contributed by atoms with Crippen molar-refractivity contribution in [2.24, 2.45) is 0 Å². The molecule has 1 aromatic carbocycles. The Morgan fingerprint density at radius 1 is 1.24 bits per heavy atom. The van der Waals surface area contributed by atoms with Gasteiger partial charge in [-0.05, 0) is 47.5 Å². The summed E-state index contributed by atoms with van der Waals surface area (Å²) in [4.78, 5) is 16.8. The number of aryl methyl sites for hydroxylation is 1. The lowest BCUT2D eigenvalue weighted by Crippen LogP contribution is -2.49. The summed E-state index contributed by atoms with van der Waals surface area (Å²) in [5.41, 5.74) is 3.11. The molecular weight excluding hydrogens is 404 g/mol. The molecule has 1 aliphatic heterocycles. The molecule has 3 rings (SSSR count). The Morgan fingerprint density at radius 2 is 1.96 bits per heavy atom. The number of nitrogens with zero attached hydrogens (tertiary/aromatic N) is 4. The van der Waals surface area contributed by atoms with Crippen LogP contribution in [0, 0.1) is 13.8 Å². The summed E-state index contributed by atoms with van der Waals surface area (Å²) in [5, 5.41) is 5.19. The fourth-order valence-electron chi connectivity index (χ4n) is 3.11. The minimum Gasteiger partial charge on any atom is -0.339 e. The monoisotopic (exact) mass is 424 g/mol. The number of benzene rings is 1. The molecule has 0 aliphatic carbocycles. The van der Waals surface area contributed by atoms with Gasteiger partial charge < -0.3 is 4.90 Å². The first-order chi connectivity index (χ1) is 11.9. The molecule has 0 N–H and O–H groups in total. The first kappa shape index (κ1) is 18.4. The highest BCUT2D eigenvalue weighted by Crippen LogP contribution is 2.20. The van der Waals surface area contributed by atoms with E-state index >= 15 is 0 Å². The molecule has 5 nitrogen and oxygen atoms in total. The SMILES string of the molecule is Cc1nn(CC(=O)N2CCN(Cc3cccc(Cl)c3)CC2)c(C)c1Br. The quantitative estimate of drug-likeness (QED) is 0.755. The minimum absolute atomic E-state index is 0.125. The van der Waals surface area contributed by atoms with Crippen LogP contribution < -0.4 is 0 Å². The van der Waals surface area contributed by atoms with Gasteiger partial charge in [0.1, 0.15) is 6.54 Å². The van der Waals surface area contributed by atoms with Crippen molar-refractivity contribution in [2.75, 3.05) is 26.2 Å². The number of carbonyl (C=O) groups is 1. The first-order valence-electron chi connectivity index (χ1n) is 8.38. The second kappa shape index (κ2) is 7.89. The van der Waals surface area contributed by atoms with Gasteiger partial charge in [-0.3, -0.25) is 14.4 Å². The third-order valence-corrected chi connectivity index (χ3v) is 5.98. The normalized spacial score (nSPS) is 15.6. The Kier molecular flexibility index (Phi) is 5.81. The Bertz CT molecular complexity index is 768. The van der Waals surface area contributed by atoms with Gasteiger partial charge in [-0.25, -0.2) is 0 Å². The van der Waals surface area contributed by atoms with Gasteiger partial charge in [-0.15, -0.1) is 0 Å². The predicted octanol–water partition coefficient (Wildman–Crippen LogP) is 3.26. The fourth-order valence-corrected chi connectivity index (χ4v) is 3.60. The highest BCUT2D eigenvalue weighted by molar-refractivity contribution is 9.10. The second-order valence-corrected chi connectivity index (χ2v) is 7.66. The molecule has 25 heavy (non-hydrogen) atoms. The molecule has 0 saturated carbocycles. The number of hydrogen-bond acceptors (Lipinski definition) is 3. The molecule has 0 bridgehead atoms. The van der Waals surface area contributed by atoms with Crippen molar-refractivity contribution < 1.29 is 4.79 Å². The molecule has 134 valence electrons. The van der Waals surface area contributed by atoms with E-state index in [2.05, 4.69) is 32.0 Å². The number of amides is 1. The number of rotatable bonds is 4. The van der Waals surface area contributed by atoms with Crippen LogP contribution in [0.5, 0.6) is 0 Å². The van der Waals surface area contributed by atoms with Crippen molar-refractivity contribution in [3.05, 3.63) is 50.7 Å². The molecule has 1 saturated heterocycles. The van der Waals surface area contributed by atoms with Crippen LogP contribution in [0.15, 0.2) is 28.7 Å². The lowest BCUT2D eigenvalue weighted by molar-refractivity contribution is -0.133. The van der Waals surface area contributed by atoms with E-state index in [1.165, 1.54) is 5.56 Å². The van der Waals surface area contributed by atoms with Gasteiger partial charge in [0.25, 0.3) is 0 Å². The topological polar surface area (TPSA) is 41.4 Å². The van der Waals surface area contributed by atoms with Gasteiger partial charge in [-0.1, -0.05) is 23.7 Å². The Morgan fingerprint density at radius 3 is 2.56 bits per heavy atom. The van der Waals surface area contributed by atoms with E-state index in [9.17, 15) is 4.79 Å². The lowest BCUT2D eigenvalue weighted by Gasteiger charge is -2.34. The molecule has 0 unspecified atom stereocenters. The van der Waals surface area contributed by atoms with Crippen LogP contribution in [0.4, 0.5) is 0 Å². The molecule has 1 amide bonds. The number of hydrogen-bond donors (Lipinski definition) is 0. The van der Waals surface area contributed by atoms with Gasteiger partial charge in [0, 0.05) is 37.7 Å². The number of aromatic nitrogens is 2. The average Bonchev–Trinajstić information content (AvgIpc) is 2.82. The van der Waals surface area contributed by atoms with Crippen LogP contribution in [0.25, 0.3) is 0 Å². The highest BCUT2D eigenvalue weighted by atomic mass is 79.9. The smallest absolute Gasteiger partial charge is 0.244 e. The molecular formula is C18H22BrClN4O. The van der Waals surface area contributed by atoms with Crippen molar-refractivity contribution in [2.45, 2.75) is 26.9 Å². The van der Waals surface area contributed by atoms with E-state index in [0.29, 0.717) is 6.54 Å². The second-order valence-electron chi connectivity index (χ2n) is 6.43. The van der Waals surface area contributed by atoms with Crippen LogP contribution >= 0.6 is 27.5 Å². The zero-order valence-corrected chi connectivity index (χ0v) is 16.8. The summed E-state index contributed by atoms with van der Waals surface area (Å²) in [6.45, 7) is 8.32. The number of carbonyl (C=O) groups excluding carboxylic acids is 1. The van der Waals surface area contributed by atoms with Gasteiger partial charge >= 0.3 is 0 Å². The molecule has 0 atom stereocenters. The Hall–Kier alpha value is -1.37. The van der Waals surface area contributed by atoms with Crippen LogP contribution in [-0.2, 0) is 17.9 Å². The summed E-state index contributed by atoms with van der Waals surface area (Å²) in [6, 6.07) is 7.95. The largest absolute Gasteiger partial charge is 0.339 e. The summed E-state index contributed by atoms with van der Waals surface area (Å²) >= 11 is 9.55. The number of piperazine rings is 1. The maximum Gasteiger partial charge on any atom is 0.244 e. The zero-order chi connectivity index (χ0) is 18.0. The standard InChI is InChI=1S/C18H22BrClN4O/c1-13-18(19)14(2)24(21-13)12-17(25)23-8-6-22(7-9-23)11-15-4-3-5-16(20)10-15/h3-5,10H,6-9,11-12H2,1-2H3. The van der Waals surface area contributed by atoms with E-state index < -0.39 is 0 Å². The van der Waals surface area contributed by atoms with Gasteiger partial charge in [-0.2, -0.15) is 5.10 Å². The molecule has 0 spiro atoms. The van der Waals surface area contributed by atoms with Crippen molar-refractivity contribution in [3.8, 4) is 0 Å². The molecule has 7 heteroatoms. The fraction of sp³-hybridized carbons (Fsp3) is 0.444. The maximum atomic E-state index is 12.6. The third kappa shape index (κ3) is 4.43. The Labute approximate surface area is 161 Å².